The molecule has 0 radical (unpaired) electrons. The van der Waals surface area contributed by atoms with Crippen LogP contribution in [0.1, 0.15) is 81.8 Å². The molecule has 12 nitrogen and oxygen atoms in total. The van der Waals surface area contributed by atoms with E-state index in [4.69, 9.17) is 4.74 Å². The second-order valence-electron chi connectivity index (χ2n) is 11.6. The van der Waals surface area contributed by atoms with Crippen molar-refractivity contribution in [2.24, 2.45) is 11.8 Å². The number of phenolic OH excluding ortho intramolecular Hbond substituents is 1. The number of rotatable bonds is 21. The SMILES string of the molecule is COCCCC(=O)[C@H](CCCCNC(=O)c1cnccn1)NC(=O)[C@H](CC(=O)[C@H](Cc1ccc(O)cc1)NC(C)=O)CC(C)C. The minimum absolute atomic E-state index is 0.0907. The Morgan fingerprint density at radius 3 is 2.29 bits per heavy atom. The average molecular weight is 626 g/mol. The van der Waals surface area contributed by atoms with Crippen LogP contribution in [-0.2, 0) is 30.3 Å². The number of unbranched alkanes of at least 4 members (excludes halogenated alkanes) is 1. The van der Waals surface area contributed by atoms with E-state index in [-0.39, 0.29) is 65.9 Å². The smallest absolute Gasteiger partial charge is 0.271 e. The molecule has 1 heterocycles. The summed E-state index contributed by atoms with van der Waals surface area (Å²) >= 11 is 0. The molecule has 2 aromatic rings. The van der Waals surface area contributed by atoms with Gasteiger partial charge in [0, 0.05) is 58.3 Å². The highest BCUT2D eigenvalue weighted by Gasteiger charge is 2.30. The molecule has 0 aliphatic rings. The third kappa shape index (κ3) is 14.4. The highest BCUT2D eigenvalue weighted by atomic mass is 16.5. The molecule has 1 aromatic carbocycles. The van der Waals surface area contributed by atoms with E-state index in [0.29, 0.717) is 45.3 Å². The summed E-state index contributed by atoms with van der Waals surface area (Å²) in [5.41, 5.74) is 0.963. The fourth-order valence-corrected chi connectivity index (χ4v) is 4.95. The van der Waals surface area contributed by atoms with E-state index < -0.39 is 18.0 Å². The van der Waals surface area contributed by atoms with Gasteiger partial charge >= 0.3 is 0 Å². The lowest BCUT2D eigenvalue weighted by molar-refractivity contribution is -0.134. The fraction of sp³-hybridized carbons (Fsp3) is 0.545. The summed E-state index contributed by atoms with van der Waals surface area (Å²) in [6, 6.07) is 4.77. The van der Waals surface area contributed by atoms with E-state index in [1.54, 1.807) is 19.2 Å². The van der Waals surface area contributed by atoms with Crippen LogP contribution < -0.4 is 16.0 Å². The third-order valence-electron chi connectivity index (χ3n) is 7.19. The monoisotopic (exact) mass is 625 g/mol. The van der Waals surface area contributed by atoms with Crippen molar-refractivity contribution in [1.29, 1.82) is 0 Å². The number of carbonyl (C=O) groups is 5. The summed E-state index contributed by atoms with van der Waals surface area (Å²) in [6.07, 6.45) is 7.08. The molecular weight excluding hydrogens is 578 g/mol. The Hall–Kier alpha value is -4.19. The topological polar surface area (TPSA) is 177 Å². The first-order valence-corrected chi connectivity index (χ1v) is 15.4. The molecular formula is C33H47N5O7. The molecule has 0 bridgehead atoms. The zero-order valence-electron chi connectivity index (χ0n) is 26.7. The van der Waals surface area contributed by atoms with Crippen LogP contribution in [0.3, 0.4) is 0 Å². The highest BCUT2D eigenvalue weighted by Crippen LogP contribution is 2.20. The fourth-order valence-electron chi connectivity index (χ4n) is 4.95. The van der Waals surface area contributed by atoms with Crippen molar-refractivity contribution in [2.75, 3.05) is 20.3 Å². The first-order valence-electron chi connectivity index (χ1n) is 15.4. The summed E-state index contributed by atoms with van der Waals surface area (Å²) < 4.78 is 5.08. The molecule has 0 saturated heterocycles. The van der Waals surface area contributed by atoms with Crippen LogP contribution in [0.4, 0.5) is 0 Å². The lowest BCUT2D eigenvalue weighted by Crippen LogP contribution is -2.46. The average Bonchev–Trinajstić information content (AvgIpc) is 3.00. The van der Waals surface area contributed by atoms with Crippen molar-refractivity contribution in [2.45, 2.75) is 84.2 Å². The number of Topliss-reactive ketones (excluding diaryl/α,β-unsaturated/α-hetero) is 2. The highest BCUT2D eigenvalue weighted by molar-refractivity contribution is 5.94. The molecule has 4 N–H and O–H groups in total. The Kier molecular flexibility index (Phi) is 16.4. The van der Waals surface area contributed by atoms with Gasteiger partial charge in [0.05, 0.1) is 18.3 Å². The Morgan fingerprint density at radius 1 is 0.933 bits per heavy atom. The molecule has 12 heteroatoms. The van der Waals surface area contributed by atoms with Crippen LogP contribution in [0.5, 0.6) is 5.75 Å². The van der Waals surface area contributed by atoms with Gasteiger partial charge < -0.3 is 25.8 Å². The molecule has 0 aliphatic heterocycles. The first-order chi connectivity index (χ1) is 21.5. The van der Waals surface area contributed by atoms with Crippen LogP contribution in [0, 0.1) is 11.8 Å². The molecule has 0 saturated carbocycles. The first kappa shape index (κ1) is 37.0. The molecule has 246 valence electrons. The number of ether oxygens (including phenoxy) is 1. The van der Waals surface area contributed by atoms with Gasteiger partial charge in [-0.25, -0.2) is 4.98 Å². The van der Waals surface area contributed by atoms with Gasteiger partial charge in [-0.1, -0.05) is 26.0 Å². The summed E-state index contributed by atoms with van der Waals surface area (Å²) in [5, 5.41) is 18.0. The Morgan fingerprint density at radius 2 is 1.67 bits per heavy atom. The summed E-state index contributed by atoms with van der Waals surface area (Å²) in [7, 11) is 1.56. The van der Waals surface area contributed by atoms with Crippen molar-refractivity contribution >= 4 is 29.3 Å². The number of hydrogen-bond acceptors (Lipinski definition) is 9. The van der Waals surface area contributed by atoms with Gasteiger partial charge in [-0.15, -0.1) is 0 Å². The van der Waals surface area contributed by atoms with Gasteiger partial charge in [0.15, 0.2) is 11.6 Å². The van der Waals surface area contributed by atoms with E-state index in [1.807, 2.05) is 13.8 Å². The van der Waals surface area contributed by atoms with Crippen LogP contribution in [-0.4, -0.2) is 76.7 Å². The number of nitrogens with zero attached hydrogens (tertiary/aromatic N) is 2. The molecule has 0 unspecified atom stereocenters. The second-order valence-corrected chi connectivity index (χ2v) is 11.6. The van der Waals surface area contributed by atoms with Crippen LogP contribution in [0.2, 0.25) is 0 Å². The van der Waals surface area contributed by atoms with E-state index in [9.17, 15) is 29.1 Å². The molecule has 1 aromatic heterocycles. The number of aromatic nitrogens is 2. The number of aromatic hydroxyl groups is 1. The predicted octanol–water partition coefficient (Wildman–Crippen LogP) is 2.93. The minimum atomic E-state index is -0.849. The molecule has 0 aliphatic carbocycles. The third-order valence-corrected chi connectivity index (χ3v) is 7.19. The number of hydrogen-bond donors (Lipinski definition) is 4. The number of methoxy groups -OCH3 is 1. The summed E-state index contributed by atoms with van der Waals surface area (Å²) in [4.78, 5) is 72.2. The zero-order chi connectivity index (χ0) is 33.2. The maximum Gasteiger partial charge on any atom is 0.271 e. The minimum Gasteiger partial charge on any atom is -0.508 e. The lowest BCUT2D eigenvalue weighted by Gasteiger charge is -2.25. The number of phenols is 1. The quantitative estimate of drug-likeness (QED) is 0.152. The Bertz CT molecular complexity index is 1240. The number of benzene rings is 1. The number of amides is 3. The summed E-state index contributed by atoms with van der Waals surface area (Å²) in [6.45, 7) is 6.02. The second kappa shape index (κ2) is 20.0. The van der Waals surface area contributed by atoms with Crippen molar-refractivity contribution in [3.05, 3.63) is 54.1 Å². The van der Waals surface area contributed by atoms with Gasteiger partial charge in [0.2, 0.25) is 11.8 Å². The van der Waals surface area contributed by atoms with Gasteiger partial charge in [-0.2, -0.15) is 0 Å². The predicted molar refractivity (Wildman–Crippen MR) is 168 cm³/mol. The van der Waals surface area contributed by atoms with Gasteiger partial charge in [0.25, 0.3) is 5.91 Å². The number of ketones is 2. The molecule has 45 heavy (non-hydrogen) atoms. The summed E-state index contributed by atoms with van der Waals surface area (Å²) in [5.74, 6) is -2.02. The van der Waals surface area contributed by atoms with E-state index in [2.05, 4.69) is 25.9 Å². The van der Waals surface area contributed by atoms with Crippen molar-refractivity contribution in [3.8, 4) is 5.75 Å². The molecule has 2 rings (SSSR count). The lowest BCUT2D eigenvalue weighted by atomic mass is 9.88. The van der Waals surface area contributed by atoms with Crippen molar-refractivity contribution in [3.63, 3.8) is 0 Å². The molecule has 3 amide bonds. The normalized spacial score (nSPS) is 13.0. The van der Waals surface area contributed by atoms with Gasteiger partial charge in [-0.05, 0) is 62.1 Å². The van der Waals surface area contributed by atoms with Crippen molar-refractivity contribution in [1.82, 2.24) is 25.9 Å². The van der Waals surface area contributed by atoms with Gasteiger partial charge in [-0.3, -0.25) is 29.0 Å². The number of carbonyl (C=O) groups excluding carboxylic acids is 5. The van der Waals surface area contributed by atoms with E-state index >= 15 is 0 Å². The Balaban J connectivity index is 2.07. The van der Waals surface area contributed by atoms with Crippen LogP contribution >= 0.6 is 0 Å². The maximum absolute atomic E-state index is 13.6. The van der Waals surface area contributed by atoms with Crippen molar-refractivity contribution < 1.29 is 33.8 Å². The molecule has 3 atom stereocenters. The van der Waals surface area contributed by atoms with Gasteiger partial charge in [0.1, 0.15) is 11.4 Å². The maximum atomic E-state index is 13.6. The number of nitrogens with one attached hydrogen (secondary N) is 3. The van der Waals surface area contributed by atoms with E-state index in [1.165, 1.54) is 37.6 Å². The standard InChI is InChI=1S/C33H47N5O7/c1-22(2)18-25(20-31(42)28(37-23(3)39)19-24-10-12-26(40)13-11-24)32(43)38-27(30(41)9-7-17-45-4)8-5-6-14-36-33(44)29-21-34-15-16-35-29/h10-13,15-16,21-22,25,27-28,40H,5-9,14,17-20H2,1-4H3,(H,36,44)(H,37,39)(H,38,43)/t25-,27-,28-/m0/s1. The largest absolute Gasteiger partial charge is 0.508 e. The zero-order valence-corrected chi connectivity index (χ0v) is 26.7. The van der Waals surface area contributed by atoms with Crippen LogP contribution in [0.25, 0.3) is 0 Å². The molecule has 0 spiro atoms. The Labute approximate surface area is 265 Å². The van der Waals surface area contributed by atoms with E-state index in [0.717, 1.165) is 5.56 Å². The molecule has 0 fully saturated rings. The van der Waals surface area contributed by atoms with Crippen LogP contribution in [0.15, 0.2) is 42.9 Å².